The summed E-state index contributed by atoms with van der Waals surface area (Å²) in [5.74, 6) is -0.415. The Morgan fingerprint density at radius 2 is 1.67 bits per heavy atom. The molecule has 166 valence electrons. The smallest absolute Gasteiger partial charge is 0.335 e. The fourth-order valence-corrected chi connectivity index (χ4v) is 3.60. The van der Waals surface area contributed by atoms with Crippen molar-refractivity contribution in [3.63, 3.8) is 0 Å². The van der Waals surface area contributed by atoms with Gasteiger partial charge in [0.15, 0.2) is 0 Å². The minimum Gasteiger partial charge on any atom is -0.493 e. The molecule has 0 atom stereocenters. The number of amidine groups is 1. The molecular weight excluding hydrogens is 440 g/mol. The van der Waals surface area contributed by atoms with Crippen molar-refractivity contribution in [3.8, 4) is 11.6 Å². The predicted octanol–water partition coefficient (Wildman–Crippen LogP) is 4.25. The van der Waals surface area contributed by atoms with Crippen LogP contribution in [0.4, 0.5) is 5.69 Å². The number of hydrogen-bond acceptors (Lipinski definition) is 4. The number of nitrogens with one attached hydrogen (secondary N) is 2. The van der Waals surface area contributed by atoms with Crippen molar-refractivity contribution in [2.45, 2.75) is 13.5 Å². The summed E-state index contributed by atoms with van der Waals surface area (Å²) in [5, 5.41) is 14.7. The van der Waals surface area contributed by atoms with Gasteiger partial charge in [-0.3, -0.25) is 14.8 Å². The number of aromatic amines is 1. The van der Waals surface area contributed by atoms with Crippen molar-refractivity contribution in [2.75, 3.05) is 5.32 Å². The Hall–Kier alpha value is -4.10. The van der Waals surface area contributed by atoms with Crippen LogP contribution < -0.4 is 16.6 Å². The van der Waals surface area contributed by atoms with E-state index in [1.165, 1.54) is 0 Å². The number of aromatic nitrogens is 2. The van der Waals surface area contributed by atoms with E-state index >= 15 is 0 Å². The average molecular weight is 461 g/mol. The lowest BCUT2D eigenvalue weighted by molar-refractivity contribution is 0.429. The number of halogens is 1. The van der Waals surface area contributed by atoms with Crippen LogP contribution >= 0.6 is 11.6 Å². The first-order valence-electron chi connectivity index (χ1n) is 10.2. The fourth-order valence-electron chi connectivity index (χ4n) is 3.41. The highest BCUT2D eigenvalue weighted by atomic mass is 35.5. The largest absolute Gasteiger partial charge is 0.493 e. The molecule has 4 aromatic rings. The Labute approximate surface area is 194 Å². The van der Waals surface area contributed by atoms with E-state index in [1.807, 2.05) is 42.5 Å². The molecule has 0 bridgehead atoms. The van der Waals surface area contributed by atoms with Crippen molar-refractivity contribution in [1.82, 2.24) is 9.55 Å². The molecule has 0 saturated carbocycles. The van der Waals surface area contributed by atoms with Crippen molar-refractivity contribution >= 4 is 23.1 Å². The molecule has 0 aliphatic rings. The maximum atomic E-state index is 12.9. The summed E-state index contributed by atoms with van der Waals surface area (Å²) >= 11 is 6.27. The number of anilines is 1. The Morgan fingerprint density at radius 3 is 2.39 bits per heavy atom. The number of aromatic hydroxyl groups is 1. The minimum atomic E-state index is -0.760. The zero-order chi connectivity index (χ0) is 23.4. The van der Waals surface area contributed by atoms with Crippen LogP contribution in [0.25, 0.3) is 5.69 Å². The summed E-state index contributed by atoms with van der Waals surface area (Å²) in [6.45, 7) is 1.96. The number of H-pyrrole nitrogens is 1. The van der Waals surface area contributed by atoms with Crippen LogP contribution in [0.5, 0.6) is 5.88 Å². The second-order valence-corrected chi connectivity index (χ2v) is 7.73. The molecule has 3 aromatic carbocycles. The van der Waals surface area contributed by atoms with Gasteiger partial charge in [0.05, 0.1) is 12.2 Å². The third-order valence-corrected chi connectivity index (χ3v) is 5.45. The SMILES string of the molecule is Cc1ccccc1-n1c(O)c(C(=NCc2ccccc2Cl)Nc2ccccc2)c(=O)[nH]c1=O. The number of nitrogens with zero attached hydrogens (tertiary/aromatic N) is 2. The van der Waals surface area contributed by atoms with Crippen LogP contribution in [0.3, 0.4) is 0 Å². The maximum absolute atomic E-state index is 12.9. The summed E-state index contributed by atoms with van der Waals surface area (Å²) in [6.07, 6.45) is 0. The average Bonchev–Trinajstić information content (AvgIpc) is 2.80. The van der Waals surface area contributed by atoms with Crippen LogP contribution in [0.15, 0.2) is 93.4 Å². The monoisotopic (exact) mass is 460 g/mol. The Kier molecular flexibility index (Phi) is 6.42. The molecule has 7 nitrogen and oxygen atoms in total. The molecule has 0 saturated heterocycles. The maximum Gasteiger partial charge on any atom is 0.335 e. The lowest BCUT2D eigenvalue weighted by Gasteiger charge is -2.16. The van der Waals surface area contributed by atoms with E-state index in [0.717, 1.165) is 15.7 Å². The molecule has 0 amide bonds. The van der Waals surface area contributed by atoms with Crippen molar-refractivity contribution in [2.24, 2.45) is 4.99 Å². The number of hydrogen-bond donors (Lipinski definition) is 3. The zero-order valence-corrected chi connectivity index (χ0v) is 18.5. The van der Waals surface area contributed by atoms with E-state index in [-0.39, 0.29) is 17.9 Å². The van der Waals surface area contributed by atoms with Gasteiger partial charge in [0.1, 0.15) is 11.4 Å². The number of rotatable bonds is 5. The van der Waals surface area contributed by atoms with Crippen molar-refractivity contribution in [1.29, 1.82) is 0 Å². The van der Waals surface area contributed by atoms with E-state index in [0.29, 0.717) is 16.4 Å². The molecule has 0 aliphatic carbocycles. The third-order valence-electron chi connectivity index (χ3n) is 5.08. The summed E-state index contributed by atoms with van der Waals surface area (Å²) in [5.41, 5.74) is 0.928. The van der Waals surface area contributed by atoms with Gasteiger partial charge < -0.3 is 10.4 Å². The van der Waals surface area contributed by atoms with Gasteiger partial charge in [-0.25, -0.2) is 9.36 Å². The number of para-hydroxylation sites is 2. The van der Waals surface area contributed by atoms with Crippen molar-refractivity contribution in [3.05, 3.63) is 121 Å². The standard InChI is InChI=1S/C25H21ClN4O3/c1-16-9-5-8-14-20(16)30-24(32)21(23(31)29-25(30)33)22(28-18-11-3-2-4-12-18)27-15-17-10-6-7-13-19(17)26/h2-14,32H,15H2,1H3,(H,27,28)(H,29,31,33). The normalized spacial score (nSPS) is 11.4. The molecule has 1 aromatic heterocycles. The molecule has 1 heterocycles. The highest BCUT2D eigenvalue weighted by Crippen LogP contribution is 2.22. The van der Waals surface area contributed by atoms with Crippen LogP contribution in [0.2, 0.25) is 5.02 Å². The van der Waals surface area contributed by atoms with Gasteiger partial charge in [-0.1, -0.05) is 66.2 Å². The molecule has 0 radical (unpaired) electrons. The first-order chi connectivity index (χ1) is 16.0. The molecular formula is C25H21ClN4O3. The van der Waals surface area contributed by atoms with Gasteiger partial charge in [-0.2, -0.15) is 0 Å². The van der Waals surface area contributed by atoms with Crippen LogP contribution in [0, 0.1) is 6.92 Å². The summed E-state index contributed by atoms with van der Waals surface area (Å²) in [7, 11) is 0. The van der Waals surface area contributed by atoms with Gasteiger partial charge in [0, 0.05) is 10.7 Å². The molecule has 0 aliphatic heterocycles. The fraction of sp³-hybridized carbons (Fsp3) is 0.0800. The van der Waals surface area contributed by atoms with Gasteiger partial charge >= 0.3 is 5.69 Å². The number of benzene rings is 3. The van der Waals surface area contributed by atoms with Gasteiger partial charge in [-0.05, 0) is 42.3 Å². The highest BCUT2D eigenvalue weighted by Gasteiger charge is 2.21. The molecule has 4 rings (SSSR count). The van der Waals surface area contributed by atoms with E-state index < -0.39 is 17.1 Å². The molecule has 0 unspecified atom stereocenters. The predicted molar refractivity (Wildman–Crippen MR) is 131 cm³/mol. The lowest BCUT2D eigenvalue weighted by atomic mass is 10.2. The lowest BCUT2D eigenvalue weighted by Crippen LogP contribution is -2.35. The van der Waals surface area contributed by atoms with Crippen LogP contribution in [0.1, 0.15) is 16.7 Å². The van der Waals surface area contributed by atoms with Gasteiger partial charge in [0.2, 0.25) is 5.88 Å². The van der Waals surface area contributed by atoms with E-state index in [2.05, 4.69) is 15.3 Å². The first kappa shape index (κ1) is 22.1. The Balaban J connectivity index is 1.90. The Morgan fingerprint density at radius 1 is 1.00 bits per heavy atom. The summed E-state index contributed by atoms with van der Waals surface area (Å²) < 4.78 is 1.06. The molecule has 33 heavy (non-hydrogen) atoms. The second kappa shape index (κ2) is 9.58. The minimum absolute atomic E-state index is 0.0993. The van der Waals surface area contributed by atoms with E-state index in [4.69, 9.17) is 11.6 Å². The molecule has 8 heteroatoms. The molecule has 0 fully saturated rings. The second-order valence-electron chi connectivity index (χ2n) is 7.33. The van der Waals surface area contributed by atoms with E-state index in [1.54, 1.807) is 43.3 Å². The summed E-state index contributed by atoms with van der Waals surface area (Å²) in [6, 6.07) is 23.4. The quantitative estimate of drug-likeness (QED) is 0.306. The Bertz CT molecular complexity index is 1440. The highest BCUT2D eigenvalue weighted by molar-refractivity contribution is 6.31. The third kappa shape index (κ3) is 4.73. The van der Waals surface area contributed by atoms with E-state index in [9.17, 15) is 14.7 Å². The van der Waals surface area contributed by atoms with Crippen molar-refractivity contribution < 1.29 is 5.11 Å². The topological polar surface area (TPSA) is 99.5 Å². The van der Waals surface area contributed by atoms with Crippen LogP contribution in [-0.4, -0.2) is 20.5 Å². The van der Waals surface area contributed by atoms with Gasteiger partial charge in [0.25, 0.3) is 5.56 Å². The molecule has 0 spiro atoms. The van der Waals surface area contributed by atoms with Gasteiger partial charge in [-0.15, -0.1) is 0 Å². The molecule has 3 N–H and O–H groups in total. The first-order valence-corrected chi connectivity index (χ1v) is 10.6. The number of aliphatic imine (C=N–C) groups is 1. The summed E-state index contributed by atoms with van der Waals surface area (Å²) in [4.78, 5) is 32.4. The number of aryl methyl sites for hydroxylation is 1. The zero-order valence-electron chi connectivity index (χ0n) is 17.7. The van der Waals surface area contributed by atoms with Crippen LogP contribution in [-0.2, 0) is 6.54 Å².